The number of imidazole rings is 1. The topological polar surface area (TPSA) is 134 Å². The Balaban J connectivity index is 2.02. The maximum absolute atomic E-state index is 12.9. The lowest BCUT2D eigenvalue weighted by Crippen LogP contribution is -2.43. The number of hydrogen-bond acceptors (Lipinski definition) is 6. The molecule has 11 heteroatoms. The fourth-order valence-electron chi connectivity index (χ4n) is 3.75. The Bertz CT molecular complexity index is 1380. The number of nitrogens with one attached hydrogen (secondary N) is 3. The fourth-order valence-corrected chi connectivity index (χ4v) is 3.99. The predicted molar refractivity (Wildman–Crippen MR) is 130 cm³/mol. The molecule has 0 saturated carbocycles. The monoisotopic (exact) mass is 483 g/mol. The number of halogens is 1. The largest absolute Gasteiger partial charge is 0.354 e. The first kappa shape index (κ1) is 24.8. The van der Waals surface area contributed by atoms with E-state index in [0.29, 0.717) is 29.9 Å². The van der Waals surface area contributed by atoms with Crippen molar-refractivity contribution in [3.63, 3.8) is 0 Å². The van der Waals surface area contributed by atoms with Crippen molar-refractivity contribution in [2.75, 3.05) is 12.4 Å². The molecule has 2 heterocycles. The smallest absolute Gasteiger partial charge is 0.328 e. The molecule has 0 fully saturated rings. The lowest BCUT2D eigenvalue weighted by molar-refractivity contribution is -0.120. The fraction of sp³-hybridized carbons (Fsp3) is 0.348. The number of rotatable bonds is 7. The summed E-state index contributed by atoms with van der Waals surface area (Å²) in [5.41, 5.74) is 1.80. The molecule has 178 valence electrons. The van der Waals surface area contributed by atoms with Gasteiger partial charge in [-0.1, -0.05) is 11.6 Å². The number of nitriles is 1. The van der Waals surface area contributed by atoms with Crippen LogP contribution in [-0.2, 0) is 18.4 Å². The molecule has 0 unspecified atom stereocenters. The van der Waals surface area contributed by atoms with E-state index in [0.717, 1.165) is 5.52 Å². The highest BCUT2D eigenvalue weighted by Crippen LogP contribution is 2.28. The second kappa shape index (κ2) is 9.57. The summed E-state index contributed by atoms with van der Waals surface area (Å²) in [7, 11) is 3.17. The predicted octanol–water partition coefficient (Wildman–Crippen LogP) is 2.67. The van der Waals surface area contributed by atoms with Crippen molar-refractivity contribution >= 4 is 45.8 Å². The van der Waals surface area contributed by atoms with E-state index < -0.39 is 11.4 Å². The standard InChI is InChI=1S/C23H26ClN7O3/c1-13(32)29-23(2,3)8-9-31-19-10-14(6-7-18(19)30(5)22(31)34)27-16-11-17(21(33)26-4)28-20(24)15(16)12-25/h6-7,10-11H,8-9H2,1-5H3,(H,26,33)(H,27,28)(H,29,32). The van der Waals surface area contributed by atoms with Gasteiger partial charge in [-0.2, -0.15) is 5.26 Å². The van der Waals surface area contributed by atoms with Crippen LogP contribution in [0.2, 0.25) is 5.15 Å². The summed E-state index contributed by atoms with van der Waals surface area (Å²) in [5.74, 6) is -0.578. The van der Waals surface area contributed by atoms with Gasteiger partial charge in [0.25, 0.3) is 5.91 Å². The Morgan fingerprint density at radius 3 is 2.56 bits per heavy atom. The molecule has 0 aliphatic carbocycles. The highest BCUT2D eigenvalue weighted by atomic mass is 35.5. The van der Waals surface area contributed by atoms with Crippen molar-refractivity contribution in [2.24, 2.45) is 7.05 Å². The summed E-state index contributed by atoms with van der Waals surface area (Å²) >= 11 is 6.13. The summed E-state index contributed by atoms with van der Waals surface area (Å²) in [6, 6.07) is 8.80. The Hall–Kier alpha value is -3.84. The molecule has 0 spiro atoms. The Labute approximate surface area is 201 Å². The van der Waals surface area contributed by atoms with Crippen molar-refractivity contribution < 1.29 is 9.59 Å². The first-order chi connectivity index (χ1) is 16.0. The van der Waals surface area contributed by atoms with Gasteiger partial charge >= 0.3 is 5.69 Å². The maximum atomic E-state index is 12.9. The quantitative estimate of drug-likeness (QED) is 0.442. The molecule has 0 radical (unpaired) electrons. The number of carbonyl (C=O) groups is 2. The third-order valence-corrected chi connectivity index (χ3v) is 5.72. The number of nitrogens with zero attached hydrogens (tertiary/aromatic N) is 4. The second-order valence-corrected chi connectivity index (χ2v) is 8.91. The molecule has 0 aliphatic heterocycles. The van der Waals surface area contributed by atoms with Crippen LogP contribution in [0.3, 0.4) is 0 Å². The molecule has 0 atom stereocenters. The molecule has 2 amide bonds. The van der Waals surface area contributed by atoms with Gasteiger partial charge in [-0.3, -0.25) is 18.7 Å². The van der Waals surface area contributed by atoms with Crippen molar-refractivity contribution in [3.05, 3.63) is 51.2 Å². The van der Waals surface area contributed by atoms with Gasteiger partial charge in [0.2, 0.25) is 5.91 Å². The first-order valence-electron chi connectivity index (χ1n) is 10.5. The van der Waals surface area contributed by atoms with Crippen molar-refractivity contribution in [1.29, 1.82) is 5.26 Å². The van der Waals surface area contributed by atoms with Crippen LogP contribution in [0.4, 0.5) is 11.4 Å². The van der Waals surface area contributed by atoms with Crippen LogP contribution in [0, 0.1) is 11.3 Å². The van der Waals surface area contributed by atoms with Crippen molar-refractivity contribution in [3.8, 4) is 6.07 Å². The van der Waals surface area contributed by atoms with Gasteiger partial charge in [-0.25, -0.2) is 9.78 Å². The lowest BCUT2D eigenvalue weighted by atomic mass is 10.0. The van der Waals surface area contributed by atoms with E-state index in [1.807, 2.05) is 19.9 Å². The highest BCUT2D eigenvalue weighted by Gasteiger charge is 2.21. The zero-order valence-corrected chi connectivity index (χ0v) is 20.4. The number of anilines is 2. The van der Waals surface area contributed by atoms with E-state index in [9.17, 15) is 19.6 Å². The zero-order valence-electron chi connectivity index (χ0n) is 19.6. The number of aryl methyl sites for hydroxylation is 2. The molecule has 1 aromatic carbocycles. The van der Waals surface area contributed by atoms with Crippen LogP contribution < -0.4 is 21.6 Å². The summed E-state index contributed by atoms with van der Waals surface area (Å²) < 4.78 is 3.20. The molecule has 2 aromatic heterocycles. The number of benzene rings is 1. The van der Waals surface area contributed by atoms with E-state index in [4.69, 9.17) is 11.6 Å². The normalized spacial score (nSPS) is 11.2. The Morgan fingerprint density at radius 2 is 1.94 bits per heavy atom. The molecule has 3 rings (SSSR count). The minimum absolute atomic E-state index is 0.0619. The summed E-state index contributed by atoms with van der Waals surface area (Å²) in [5, 5.41) is 17.9. The van der Waals surface area contributed by atoms with Crippen LogP contribution in [0.5, 0.6) is 0 Å². The summed E-state index contributed by atoms with van der Waals surface area (Å²) in [4.78, 5) is 40.4. The van der Waals surface area contributed by atoms with Gasteiger partial charge in [0.15, 0.2) is 0 Å². The van der Waals surface area contributed by atoms with Gasteiger partial charge in [0.1, 0.15) is 22.5 Å². The SMILES string of the molecule is CNC(=O)c1cc(Nc2ccc3c(c2)n(CCC(C)(C)NC(C)=O)c(=O)n3C)c(C#N)c(Cl)n1. The number of carbonyl (C=O) groups excluding carboxylic acids is 2. The highest BCUT2D eigenvalue weighted by molar-refractivity contribution is 6.31. The van der Waals surface area contributed by atoms with Crippen LogP contribution in [-0.4, -0.2) is 38.5 Å². The van der Waals surface area contributed by atoms with Crippen LogP contribution >= 0.6 is 11.6 Å². The van der Waals surface area contributed by atoms with Gasteiger partial charge in [-0.15, -0.1) is 0 Å². The zero-order chi connectivity index (χ0) is 25.2. The molecule has 10 nitrogen and oxygen atoms in total. The number of amides is 2. The maximum Gasteiger partial charge on any atom is 0.328 e. The third kappa shape index (κ3) is 5.05. The Kier molecular flexibility index (Phi) is 6.98. The number of pyridine rings is 1. The summed E-state index contributed by atoms with van der Waals surface area (Å²) in [6.45, 7) is 5.65. The number of hydrogen-bond donors (Lipinski definition) is 3. The first-order valence-corrected chi connectivity index (χ1v) is 10.9. The van der Waals surface area contributed by atoms with Crippen molar-refractivity contribution in [2.45, 2.75) is 39.3 Å². The minimum atomic E-state index is -0.491. The minimum Gasteiger partial charge on any atom is -0.354 e. The second-order valence-electron chi connectivity index (χ2n) is 8.55. The van der Waals surface area contributed by atoms with Crippen LogP contribution in [0.25, 0.3) is 11.0 Å². The average molecular weight is 484 g/mol. The van der Waals surface area contributed by atoms with Crippen LogP contribution in [0.1, 0.15) is 43.2 Å². The van der Waals surface area contributed by atoms with Crippen LogP contribution in [0.15, 0.2) is 29.1 Å². The van der Waals surface area contributed by atoms with E-state index in [2.05, 4.69) is 20.9 Å². The van der Waals surface area contributed by atoms with Gasteiger partial charge in [0.05, 0.1) is 16.7 Å². The van der Waals surface area contributed by atoms with E-state index >= 15 is 0 Å². The molecular formula is C23H26ClN7O3. The lowest BCUT2D eigenvalue weighted by Gasteiger charge is -2.25. The molecule has 3 aromatic rings. The molecule has 34 heavy (non-hydrogen) atoms. The Morgan fingerprint density at radius 1 is 1.24 bits per heavy atom. The van der Waals surface area contributed by atoms with Gasteiger partial charge in [-0.05, 0) is 44.5 Å². The molecule has 0 aliphatic rings. The third-order valence-electron chi connectivity index (χ3n) is 5.45. The number of aromatic nitrogens is 3. The van der Waals surface area contributed by atoms with E-state index in [-0.39, 0.29) is 28.0 Å². The van der Waals surface area contributed by atoms with E-state index in [1.165, 1.54) is 20.0 Å². The van der Waals surface area contributed by atoms with E-state index in [1.54, 1.807) is 34.4 Å². The van der Waals surface area contributed by atoms with Crippen molar-refractivity contribution in [1.82, 2.24) is 24.8 Å². The molecule has 0 saturated heterocycles. The average Bonchev–Trinajstić information content (AvgIpc) is 3.00. The molecule has 0 bridgehead atoms. The molecule has 3 N–H and O–H groups in total. The number of fused-ring (bicyclic) bond motifs is 1. The van der Waals surface area contributed by atoms with Gasteiger partial charge < -0.3 is 16.0 Å². The summed E-state index contributed by atoms with van der Waals surface area (Å²) in [6.07, 6.45) is 0.539. The molecular weight excluding hydrogens is 458 g/mol. The van der Waals surface area contributed by atoms with Gasteiger partial charge in [0, 0.05) is 38.8 Å².